The highest BCUT2D eigenvalue weighted by Gasteiger charge is 2.26. The fourth-order valence-electron chi connectivity index (χ4n) is 0.802. The summed E-state index contributed by atoms with van der Waals surface area (Å²) in [7, 11) is 0. The highest BCUT2D eigenvalue weighted by atomic mass is 35.6. The zero-order valence-corrected chi connectivity index (χ0v) is 12.9. The van der Waals surface area contributed by atoms with E-state index in [0.29, 0.717) is 12.1 Å². The van der Waals surface area contributed by atoms with Crippen LogP contribution < -0.4 is 0 Å². The number of hydrogen-bond acceptors (Lipinski definition) is 2. The Morgan fingerprint density at radius 2 is 1.80 bits per heavy atom. The molecule has 92 valence electrons. The lowest BCUT2D eigenvalue weighted by Gasteiger charge is -2.23. The van der Waals surface area contributed by atoms with Crippen LogP contribution in [0.25, 0.3) is 0 Å². The quantitative estimate of drug-likeness (QED) is 0.615. The summed E-state index contributed by atoms with van der Waals surface area (Å²) in [4.78, 5) is 9.82. The molecule has 0 aromatic rings. The normalized spacial score (nSPS) is 18.9. The van der Waals surface area contributed by atoms with Crippen LogP contribution in [0.4, 0.5) is 0 Å². The first kappa shape index (κ1) is 16.4. The van der Waals surface area contributed by atoms with Gasteiger partial charge in [-0.3, -0.25) is 0 Å². The fraction of sp³-hybridized carbons (Fsp3) is 1.00. The second-order valence-corrected chi connectivity index (χ2v) is 10.1. The molecule has 0 saturated carbocycles. The van der Waals surface area contributed by atoms with Crippen molar-refractivity contribution < 1.29 is 9.42 Å². The van der Waals surface area contributed by atoms with E-state index in [-0.39, 0.29) is 12.5 Å². The van der Waals surface area contributed by atoms with Gasteiger partial charge in [0.1, 0.15) is 6.61 Å². The van der Waals surface area contributed by atoms with Gasteiger partial charge in [0.25, 0.3) is 0 Å². The van der Waals surface area contributed by atoms with Crippen molar-refractivity contribution in [2.75, 3.05) is 12.8 Å². The monoisotopic (exact) mass is 312 g/mol. The Balaban J connectivity index is 4.14. The molecule has 0 aliphatic heterocycles. The summed E-state index contributed by atoms with van der Waals surface area (Å²) >= 11 is 21.5. The number of rotatable bonds is 5. The molecule has 2 nitrogen and oxygen atoms in total. The standard InChI is InChI=1S/C8H16Cl3O2PS/c1-6(2)7(3)4-14(12,15)13-5-8(9,10)11/h6-7H,4-5H2,1-3H3,(H,12,15). The average Bonchev–Trinajstić information content (AvgIpc) is 1.99. The molecule has 2 atom stereocenters. The van der Waals surface area contributed by atoms with Crippen molar-refractivity contribution in [3.05, 3.63) is 0 Å². The SMILES string of the molecule is CC(C)C(C)CP(O)(=S)OCC(Cl)(Cl)Cl. The van der Waals surface area contributed by atoms with Gasteiger partial charge in [0.2, 0.25) is 3.79 Å². The van der Waals surface area contributed by atoms with Crippen molar-refractivity contribution in [1.29, 1.82) is 0 Å². The second kappa shape index (κ2) is 6.39. The molecule has 0 heterocycles. The Labute approximate surface area is 111 Å². The van der Waals surface area contributed by atoms with E-state index in [1.165, 1.54) is 0 Å². The largest absolute Gasteiger partial charge is 0.345 e. The maximum atomic E-state index is 9.82. The fourth-order valence-corrected chi connectivity index (χ4v) is 3.71. The predicted molar refractivity (Wildman–Crippen MR) is 71.6 cm³/mol. The molecule has 0 fully saturated rings. The number of hydrogen-bond donors (Lipinski definition) is 1. The lowest BCUT2D eigenvalue weighted by molar-refractivity contribution is 0.305. The Hall–Kier alpha value is 1.44. The molecule has 1 N–H and O–H groups in total. The summed E-state index contributed by atoms with van der Waals surface area (Å²) < 4.78 is 3.58. The second-order valence-electron chi connectivity index (χ2n) is 3.93. The molecule has 0 aliphatic carbocycles. The third-order valence-corrected chi connectivity index (χ3v) is 4.75. The average molecular weight is 314 g/mol. The van der Waals surface area contributed by atoms with E-state index in [1.54, 1.807) is 0 Å². The van der Waals surface area contributed by atoms with Crippen LogP contribution in [0.1, 0.15) is 20.8 Å². The van der Waals surface area contributed by atoms with Gasteiger partial charge < -0.3 is 9.42 Å². The highest BCUT2D eigenvalue weighted by Crippen LogP contribution is 2.47. The summed E-state index contributed by atoms with van der Waals surface area (Å²) in [6, 6.07) is 0. The van der Waals surface area contributed by atoms with Crippen LogP contribution in [0.2, 0.25) is 0 Å². The van der Waals surface area contributed by atoms with Gasteiger partial charge in [0, 0.05) is 6.16 Å². The predicted octanol–water partition coefficient (Wildman–Crippen LogP) is 3.97. The molecule has 15 heavy (non-hydrogen) atoms. The molecule has 0 aromatic carbocycles. The van der Waals surface area contributed by atoms with Crippen LogP contribution >= 0.6 is 41.3 Å². The summed E-state index contributed by atoms with van der Waals surface area (Å²) in [5, 5.41) is 0. The third kappa shape index (κ3) is 9.17. The smallest absolute Gasteiger partial charge is 0.213 e. The van der Waals surface area contributed by atoms with Gasteiger partial charge in [-0.1, -0.05) is 55.6 Å². The summed E-state index contributed by atoms with van der Waals surface area (Å²) in [6.45, 7) is 3.15. The zero-order chi connectivity index (χ0) is 12.3. The molecule has 2 unspecified atom stereocenters. The minimum atomic E-state index is -2.82. The minimum Gasteiger partial charge on any atom is -0.345 e. The molecule has 0 spiro atoms. The maximum Gasteiger partial charge on any atom is 0.213 e. The topological polar surface area (TPSA) is 29.5 Å². The van der Waals surface area contributed by atoms with Crippen molar-refractivity contribution in [2.24, 2.45) is 11.8 Å². The van der Waals surface area contributed by atoms with Gasteiger partial charge in [-0.2, -0.15) is 0 Å². The van der Waals surface area contributed by atoms with Crippen molar-refractivity contribution in [2.45, 2.75) is 24.6 Å². The Bertz CT molecular complexity index is 243. The molecule has 0 saturated heterocycles. The van der Waals surface area contributed by atoms with Gasteiger partial charge in [0.15, 0.2) is 6.49 Å². The van der Waals surface area contributed by atoms with Gasteiger partial charge >= 0.3 is 0 Å². The lowest BCUT2D eigenvalue weighted by Crippen LogP contribution is -2.15. The maximum absolute atomic E-state index is 9.82. The summed E-state index contributed by atoms with van der Waals surface area (Å²) in [6.07, 6.45) is 0.445. The number of alkyl halides is 3. The molecule has 0 radical (unpaired) electrons. The van der Waals surface area contributed by atoms with Crippen molar-refractivity contribution in [3.63, 3.8) is 0 Å². The van der Waals surface area contributed by atoms with Gasteiger partial charge in [-0.05, 0) is 23.6 Å². The van der Waals surface area contributed by atoms with Crippen LogP contribution in [0.3, 0.4) is 0 Å². The first-order valence-corrected chi connectivity index (χ1v) is 8.56. The molecule has 0 bridgehead atoms. The van der Waals surface area contributed by atoms with E-state index in [9.17, 15) is 4.89 Å². The summed E-state index contributed by atoms with van der Waals surface area (Å²) in [5.41, 5.74) is 0. The molecular weight excluding hydrogens is 297 g/mol. The van der Waals surface area contributed by atoms with Crippen LogP contribution in [0.15, 0.2) is 0 Å². The first-order valence-electron chi connectivity index (χ1n) is 4.56. The Morgan fingerprint density at radius 1 is 1.33 bits per heavy atom. The van der Waals surface area contributed by atoms with E-state index < -0.39 is 10.3 Å². The molecular formula is C8H16Cl3O2PS. The molecule has 7 heteroatoms. The van der Waals surface area contributed by atoms with Crippen LogP contribution in [0, 0.1) is 11.8 Å². The van der Waals surface area contributed by atoms with Crippen molar-refractivity contribution >= 4 is 53.1 Å². The van der Waals surface area contributed by atoms with Gasteiger partial charge in [-0.25, -0.2) is 0 Å². The van der Waals surface area contributed by atoms with Crippen molar-refractivity contribution in [1.82, 2.24) is 0 Å². The lowest BCUT2D eigenvalue weighted by atomic mass is 10.0. The van der Waals surface area contributed by atoms with Crippen LogP contribution in [0.5, 0.6) is 0 Å². The zero-order valence-electron chi connectivity index (χ0n) is 8.91. The third-order valence-electron chi connectivity index (χ3n) is 2.09. The Morgan fingerprint density at radius 3 is 2.13 bits per heavy atom. The van der Waals surface area contributed by atoms with Crippen molar-refractivity contribution in [3.8, 4) is 0 Å². The van der Waals surface area contributed by atoms with E-state index >= 15 is 0 Å². The first-order chi connectivity index (χ1) is 6.53. The molecule has 0 aromatic heterocycles. The molecule has 0 amide bonds. The molecule has 0 rings (SSSR count). The van der Waals surface area contributed by atoms with E-state index in [4.69, 9.17) is 51.1 Å². The Kier molecular flexibility index (Phi) is 7.01. The van der Waals surface area contributed by atoms with E-state index in [0.717, 1.165) is 0 Å². The van der Waals surface area contributed by atoms with E-state index in [2.05, 4.69) is 13.8 Å². The number of halogens is 3. The van der Waals surface area contributed by atoms with Gasteiger partial charge in [-0.15, -0.1) is 0 Å². The molecule has 0 aliphatic rings. The minimum absolute atomic E-state index is 0.170. The van der Waals surface area contributed by atoms with Gasteiger partial charge in [0.05, 0.1) is 0 Å². The van der Waals surface area contributed by atoms with Crippen LogP contribution in [-0.2, 0) is 16.3 Å². The van der Waals surface area contributed by atoms with E-state index in [1.807, 2.05) is 6.92 Å². The summed E-state index contributed by atoms with van der Waals surface area (Å²) in [5.74, 6) is 0.729. The van der Waals surface area contributed by atoms with Crippen LogP contribution in [-0.4, -0.2) is 21.5 Å². The highest BCUT2D eigenvalue weighted by molar-refractivity contribution is 8.09.